The molecule has 5 heteroatoms. The molecule has 1 unspecified atom stereocenters. The molecule has 0 fully saturated rings. The number of ether oxygens (including phenoxy) is 1. The van der Waals surface area contributed by atoms with Gasteiger partial charge in [0, 0.05) is 27.0 Å². The first kappa shape index (κ1) is 24.1. The van der Waals surface area contributed by atoms with Gasteiger partial charge in [-0.1, -0.05) is 46.7 Å². The lowest BCUT2D eigenvalue weighted by Crippen LogP contribution is -2.29. The minimum absolute atomic E-state index is 0.113. The van der Waals surface area contributed by atoms with Gasteiger partial charge < -0.3 is 14.2 Å². The Labute approximate surface area is 125 Å². The van der Waals surface area contributed by atoms with Crippen LogP contribution < -0.4 is 0 Å². The number of hydrogen-bond acceptors (Lipinski definition) is 5. The summed E-state index contributed by atoms with van der Waals surface area (Å²) in [6, 6.07) is 0. The Morgan fingerprint density at radius 3 is 1.90 bits per heavy atom. The molecule has 122 valence electrons. The van der Waals surface area contributed by atoms with Crippen LogP contribution in [0.15, 0.2) is 4.52 Å². The van der Waals surface area contributed by atoms with Crippen molar-refractivity contribution >= 4 is 0 Å². The van der Waals surface area contributed by atoms with Gasteiger partial charge in [0.2, 0.25) is 5.89 Å². The van der Waals surface area contributed by atoms with E-state index in [4.69, 9.17) is 9.26 Å². The van der Waals surface area contributed by atoms with Gasteiger partial charge >= 0.3 is 0 Å². The first-order valence-electron chi connectivity index (χ1n) is 7.58. The number of aryl methyl sites for hydroxylation is 1. The molecular formula is C15H35N3O2. The molecule has 0 saturated carbocycles. The van der Waals surface area contributed by atoms with E-state index < -0.39 is 0 Å². The molecule has 0 aliphatic carbocycles. The zero-order valence-corrected chi connectivity index (χ0v) is 15.1. The highest BCUT2D eigenvalue weighted by molar-refractivity contribution is 4.87. The van der Waals surface area contributed by atoms with Crippen LogP contribution in [0.4, 0.5) is 0 Å². The first-order chi connectivity index (χ1) is 9.61. The number of aromatic nitrogens is 2. The predicted octanol–water partition coefficient (Wildman–Crippen LogP) is 3.58. The van der Waals surface area contributed by atoms with Gasteiger partial charge in [0.15, 0.2) is 5.82 Å². The maximum Gasteiger partial charge on any atom is 0.223 e. The molecule has 0 radical (unpaired) electrons. The van der Waals surface area contributed by atoms with Crippen molar-refractivity contribution in [3.63, 3.8) is 0 Å². The van der Waals surface area contributed by atoms with Crippen molar-refractivity contribution in [1.29, 1.82) is 0 Å². The van der Waals surface area contributed by atoms with E-state index in [0.29, 0.717) is 18.1 Å². The molecule has 0 N–H and O–H groups in total. The fourth-order valence-electron chi connectivity index (χ4n) is 1.26. The van der Waals surface area contributed by atoms with Crippen LogP contribution >= 0.6 is 0 Å². The summed E-state index contributed by atoms with van der Waals surface area (Å²) in [5, 5.41) is 3.83. The molecule has 1 heterocycles. The van der Waals surface area contributed by atoms with Crippen LogP contribution in [0.2, 0.25) is 0 Å². The zero-order chi connectivity index (χ0) is 16.6. The maximum atomic E-state index is 5.31. The van der Waals surface area contributed by atoms with Crippen LogP contribution in [-0.2, 0) is 11.2 Å². The SMILES string of the molecule is CC.CC.CC.COC(Cc1noc(C)n1)CN(C)C. The summed E-state index contributed by atoms with van der Waals surface area (Å²) >= 11 is 0. The van der Waals surface area contributed by atoms with Gasteiger partial charge in [-0.2, -0.15) is 4.98 Å². The average molecular weight is 289 g/mol. The summed E-state index contributed by atoms with van der Waals surface area (Å²) in [5.74, 6) is 1.30. The number of methoxy groups -OCH3 is 1. The molecule has 1 aromatic rings. The van der Waals surface area contributed by atoms with Crippen LogP contribution in [0.25, 0.3) is 0 Å². The number of likely N-dealkylation sites (N-methyl/N-ethyl adjacent to an activating group) is 1. The second-order valence-corrected chi connectivity index (χ2v) is 3.55. The van der Waals surface area contributed by atoms with Crippen molar-refractivity contribution in [1.82, 2.24) is 15.0 Å². The van der Waals surface area contributed by atoms with Crippen LogP contribution in [0, 0.1) is 6.92 Å². The molecule has 1 rings (SSSR count). The van der Waals surface area contributed by atoms with Gasteiger partial charge in [-0.05, 0) is 14.1 Å². The Hall–Kier alpha value is -0.940. The summed E-state index contributed by atoms with van der Waals surface area (Å²) < 4.78 is 10.2. The first-order valence-corrected chi connectivity index (χ1v) is 7.58. The number of hydrogen-bond donors (Lipinski definition) is 0. The molecular weight excluding hydrogens is 254 g/mol. The minimum Gasteiger partial charge on any atom is -0.380 e. The lowest BCUT2D eigenvalue weighted by molar-refractivity contribution is 0.0768. The van der Waals surface area contributed by atoms with E-state index in [-0.39, 0.29) is 6.10 Å². The molecule has 0 amide bonds. The van der Waals surface area contributed by atoms with Crippen LogP contribution in [-0.4, -0.2) is 48.9 Å². The van der Waals surface area contributed by atoms with Gasteiger partial charge in [0.25, 0.3) is 0 Å². The quantitative estimate of drug-likeness (QED) is 0.829. The molecule has 5 nitrogen and oxygen atoms in total. The van der Waals surface area contributed by atoms with Crippen LogP contribution in [0.3, 0.4) is 0 Å². The van der Waals surface area contributed by atoms with E-state index >= 15 is 0 Å². The van der Waals surface area contributed by atoms with Crippen molar-refractivity contribution in [2.45, 2.75) is 61.0 Å². The molecule has 0 aromatic carbocycles. The fraction of sp³-hybridized carbons (Fsp3) is 0.867. The van der Waals surface area contributed by atoms with E-state index in [9.17, 15) is 0 Å². The van der Waals surface area contributed by atoms with Gasteiger partial charge in [-0.3, -0.25) is 0 Å². The van der Waals surface area contributed by atoms with Crippen LogP contribution in [0.5, 0.6) is 0 Å². The average Bonchev–Trinajstić information content (AvgIpc) is 2.89. The van der Waals surface area contributed by atoms with Gasteiger partial charge in [0.1, 0.15) is 0 Å². The van der Waals surface area contributed by atoms with Gasteiger partial charge in [-0.15, -0.1) is 0 Å². The summed E-state index contributed by atoms with van der Waals surface area (Å²) in [5.41, 5.74) is 0. The predicted molar refractivity (Wildman–Crippen MR) is 86.1 cm³/mol. The lowest BCUT2D eigenvalue weighted by Gasteiger charge is -2.17. The molecule has 1 aromatic heterocycles. The topological polar surface area (TPSA) is 51.4 Å². The van der Waals surface area contributed by atoms with Crippen molar-refractivity contribution in [2.75, 3.05) is 27.7 Å². The van der Waals surface area contributed by atoms with Crippen LogP contribution in [0.1, 0.15) is 53.3 Å². The molecule has 0 aliphatic rings. The Kier molecular flexibility index (Phi) is 21.8. The standard InChI is InChI=1S/C9H17N3O2.3C2H6/c1-7-10-9(11-14-7)5-8(13-4)6-12(2)3;3*1-2/h8H,5-6H2,1-4H3;3*1-2H3. The third kappa shape index (κ3) is 13.5. The van der Waals surface area contributed by atoms with E-state index in [1.165, 1.54) is 0 Å². The third-order valence-electron chi connectivity index (χ3n) is 1.88. The van der Waals surface area contributed by atoms with Crippen molar-refractivity contribution < 1.29 is 9.26 Å². The second kappa shape index (κ2) is 18.1. The van der Waals surface area contributed by atoms with E-state index in [0.717, 1.165) is 6.54 Å². The highest BCUT2D eigenvalue weighted by Crippen LogP contribution is 2.03. The van der Waals surface area contributed by atoms with Crippen molar-refractivity contribution in [3.8, 4) is 0 Å². The van der Waals surface area contributed by atoms with Gasteiger partial charge in [-0.25, -0.2) is 0 Å². The maximum absolute atomic E-state index is 5.31. The minimum atomic E-state index is 0.113. The highest BCUT2D eigenvalue weighted by atomic mass is 16.5. The Morgan fingerprint density at radius 2 is 1.60 bits per heavy atom. The monoisotopic (exact) mass is 289 g/mol. The molecule has 1 atom stereocenters. The largest absolute Gasteiger partial charge is 0.380 e. The van der Waals surface area contributed by atoms with Crippen molar-refractivity contribution in [3.05, 3.63) is 11.7 Å². The number of rotatable bonds is 5. The second-order valence-electron chi connectivity index (χ2n) is 3.55. The third-order valence-corrected chi connectivity index (χ3v) is 1.88. The molecule has 20 heavy (non-hydrogen) atoms. The normalized spacial score (nSPS) is 10.3. The Morgan fingerprint density at radius 1 is 1.10 bits per heavy atom. The van der Waals surface area contributed by atoms with E-state index in [2.05, 4.69) is 15.0 Å². The molecule has 0 aliphatic heterocycles. The van der Waals surface area contributed by atoms with E-state index in [1.807, 2.05) is 55.6 Å². The highest BCUT2D eigenvalue weighted by Gasteiger charge is 2.13. The molecule has 0 bridgehead atoms. The van der Waals surface area contributed by atoms with Crippen molar-refractivity contribution in [2.24, 2.45) is 0 Å². The summed E-state index contributed by atoms with van der Waals surface area (Å²) in [4.78, 5) is 6.20. The summed E-state index contributed by atoms with van der Waals surface area (Å²) in [7, 11) is 5.71. The summed E-state index contributed by atoms with van der Waals surface area (Å²) in [6.45, 7) is 14.6. The van der Waals surface area contributed by atoms with E-state index in [1.54, 1.807) is 14.0 Å². The van der Waals surface area contributed by atoms with Gasteiger partial charge in [0.05, 0.1) is 6.10 Å². The number of nitrogens with zero attached hydrogens (tertiary/aromatic N) is 3. The zero-order valence-electron chi connectivity index (χ0n) is 15.1. The Bertz CT molecular complexity index is 276. The summed E-state index contributed by atoms with van der Waals surface area (Å²) in [6.07, 6.45) is 0.799. The smallest absolute Gasteiger partial charge is 0.223 e. The molecule has 0 spiro atoms. The fourth-order valence-corrected chi connectivity index (χ4v) is 1.26. The molecule has 0 saturated heterocycles. The lowest BCUT2D eigenvalue weighted by atomic mass is 10.2. The Balaban J connectivity index is -0.000000425.